The normalized spacial score (nSPS) is 21.4. The molecule has 1 saturated carbocycles. The predicted molar refractivity (Wildman–Crippen MR) is 178 cm³/mol. The van der Waals surface area contributed by atoms with Gasteiger partial charge in [0.05, 0.1) is 24.8 Å². The van der Waals surface area contributed by atoms with Crippen molar-refractivity contribution < 1.29 is 33.5 Å². The molecule has 1 aliphatic carbocycles. The number of carbonyl (C=O) groups excluding carboxylic acids is 6. The molecule has 1 unspecified atom stereocenters. The molecule has 4 N–H and O–H groups in total. The Morgan fingerprint density at radius 3 is 2.26 bits per heavy atom. The average molecular weight is 654 g/mol. The number of hydrogen-bond donors (Lipinski definition) is 4. The molecule has 1 aromatic carbocycles. The molecule has 47 heavy (non-hydrogen) atoms. The third-order valence-corrected chi connectivity index (χ3v) is 9.43. The second kappa shape index (κ2) is 14.7. The Bertz CT molecular complexity index is 1400. The molecule has 6 atom stereocenters. The van der Waals surface area contributed by atoms with Crippen LogP contribution in [0.1, 0.15) is 72.2 Å². The summed E-state index contributed by atoms with van der Waals surface area (Å²) < 4.78 is 5.35. The van der Waals surface area contributed by atoms with Gasteiger partial charge in [0.15, 0.2) is 5.78 Å². The second-order valence-corrected chi connectivity index (χ2v) is 14.4. The van der Waals surface area contributed by atoms with E-state index in [9.17, 15) is 28.8 Å². The monoisotopic (exact) mass is 653 g/mol. The van der Waals surface area contributed by atoms with E-state index < -0.39 is 59.1 Å². The largest absolute Gasteiger partial charge is 0.496 e. The molecule has 0 radical (unpaired) electrons. The zero-order chi connectivity index (χ0) is 35.4. The van der Waals surface area contributed by atoms with Gasteiger partial charge in [-0.15, -0.1) is 6.58 Å². The van der Waals surface area contributed by atoms with Gasteiger partial charge >= 0.3 is 6.03 Å². The van der Waals surface area contributed by atoms with Crippen molar-refractivity contribution in [3.05, 3.63) is 42.5 Å². The van der Waals surface area contributed by atoms with Crippen LogP contribution in [0.5, 0.6) is 5.75 Å². The maximum absolute atomic E-state index is 14.3. The number of likely N-dealkylation sites (tertiary alicyclic amines) is 1. The van der Waals surface area contributed by atoms with E-state index >= 15 is 0 Å². The van der Waals surface area contributed by atoms with E-state index in [1.54, 1.807) is 52.0 Å². The Morgan fingerprint density at radius 2 is 1.70 bits per heavy atom. The number of Topliss-reactive ketones (excluding diaryl/α,β-unsaturated/α-hetero) is 2. The highest BCUT2D eigenvalue weighted by atomic mass is 16.5. The van der Waals surface area contributed by atoms with Crippen LogP contribution in [0.25, 0.3) is 0 Å². The van der Waals surface area contributed by atoms with Gasteiger partial charge in [-0.1, -0.05) is 73.6 Å². The number of nitrogens with zero attached hydrogens (tertiary/aromatic N) is 1. The molecule has 0 bridgehead atoms. The molecule has 2 aliphatic rings. The highest BCUT2D eigenvalue weighted by molar-refractivity contribution is 6.38. The number of nitrogens with one attached hydrogen (secondary N) is 4. The number of ketones is 2. The Morgan fingerprint density at radius 1 is 1.06 bits per heavy atom. The third kappa shape index (κ3) is 8.02. The van der Waals surface area contributed by atoms with Gasteiger partial charge in [-0.3, -0.25) is 24.0 Å². The highest BCUT2D eigenvalue weighted by Gasteiger charge is 2.70. The molecule has 12 nitrogen and oxygen atoms in total. The van der Waals surface area contributed by atoms with Crippen LogP contribution in [0.3, 0.4) is 0 Å². The number of carbonyl (C=O) groups is 6. The summed E-state index contributed by atoms with van der Waals surface area (Å²) in [6.45, 7) is 18.7. The fraction of sp³-hybridized carbons (Fsp3) is 0.600. The number of rotatable bonds is 14. The minimum atomic E-state index is -1.07. The third-order valence-electron chi connectivity index (χ3n) is 9.43. The number of para-hydroxylation sites is 1. The summed E-state index contributed by atoms with van der Waals surface area (Å²) in [5.74, 6) is -2.91. The fourth-order valence-corrected chi connectivity index (χ4v) is 6.51. The first-order valence-electron chi connectivity index (χ1n) is 16.2. The van der Waals surface area contributed by atoms with Gasteiger partial charge in [0.1, 0.15) is 17.8 Å². The Labute approximate surface area is 277 Å². The van der Waals surface area contributed by atoms with Crippen LogP contribution in [-0.2, 0) is 19.2 Å². The van der Waals surface area contributed by atoms with Gasteiger partial charge in [0, 0.05) is 13.1 Å². The summed E-state index contributed by atoms with van der Waals surface area (Å²) in [6, 6.07) is 2.13. The predicted octanol–water partition coefficient (Wildman–Crippen LogP) is 2.87. The van der Waals surface area contributed by atoms with Crippen LogP contribution in [0.15, 0.2) is 36.9 Å². The van der Waals surface area contributed by atoms with E-state index in [1.165, 1.54) is 18.1 Å². The molecule has 3 rings (SSSR count). The number of ether oxygens (including phenoxy) is 1. The molecule has 258 valence electrons. The minimum absolute atomic E-state index is 0.0482. The molecular formula is C35H51N5O7. The number of piperidine rings is 1. The topological polar surface area (TPSA) is 163 Å². The first kappa shape index (κ1) is 37.2. The molecule has 1 heterocycles. The zero-order valence-electron chi connectivity index (χ0n) is 29.1. The number of fused-ring (bicyclic) bond motifs is 1. The summed E-state index contributed by atoms with van der Waals surface area (Å²) in [4.78, 5) is 81.7. The van der Waals surface area contributed by atoms with Gasteiger partial charge in [-0.25, -0.2) is 4.79 Å². The van der Waals surface area contributed by atoms with Crippen LogP contribution in [0.4, 0.5) is 4.79 Å². The number of methoxy groups -OCH3 is 1. The van der Waals surface area contributed by atoms with Crippen LogP contribution in [-0.4, -0.2) is 84.6 Å². The molecule has 0 aromatic heterocycles. The molecule has 2 fully saturated rings. The van der Waals surface area contributed by atoms with Gasteiger partial charge in [0.25, 0.3) is 5.91 Å². The summed E-state index contributed by atoms with van der Waals surface area (Å²) >= 11 is 0. The van der Waals surface area contributed by atoms with E-state index in [0.717, 1.165) is 0 Å². The lowest BCUT2D eigenvalue weighted by atomic mass is 9.85. The summed E-state index contributed by atoms with van der Waals surface area (Å²) in [7, 11) is 1.47. The second-order valence-electron chi connectivity index (χ2n) is 14.4. The molecule has 1 aromatic rings. The molecule has 12 heteroatoms. The number of urea groups is 1. The van der Waals surface area contributed by atoms with E-state index in [4.69, 9.17) is 4.74 Å². The first-order valence-corrected chi connectivity index (χ1v) is 16.2. The van der Waals surface area contributed by atoms with Crippen molar-refractivity contribution in [2.24, 2.45) is 28.6 Å². The minimum Gasteiger partial charge on any atom is -0.496 e. The standard InChI is InChI=1S/C35H51N5O7/c1-11-17-36-31(44)28(42)22(12-2)37-30(43)26-24-21(35(24,8)9)18-40(26)32(45)29(34(5,6)7)39-33(46)38-25(19(3)4)27(41)20-15-13-14-16-23(20)47-10/h11,13-16,19,21-22,24-26,29H,1,12,17-18H2,2-10H3,(H,36,44)(H,37,43)(H2,38,39,46)/t21-,22?,24-,25-,26-,29+/m0/s1. The lowest BCUT2D eigenvalue weighted by Gasteiger charge is -2.38. The maximum Gasteiger partial charge on any atom is 0.316 e. The average Bonchev–Trinajstić information content (AvgIpc) is 3.33. The van der Waals surface area contributed by atoms with Crippen molar-refractivity contribution in [1.82, 2.24) is 26.2 Å². The van der Waals surface area contributed by atoms with Crippen molar-refractivity contribution in [2.75, 3.05) is 20.2 Å². The smallest absolute Gasteiger partial charge is 0.316 e. The van der Waals surface area contributed by atoms with Gasteiger partial charge in [-0.05, 0) is 47.1 Å². The Hall–Kier alpha value is -4.22. The molecule has 1 saturated heterocycles. The van der Waals surface area contributed by atoms with E-state index in [0.29, 0.717) is 17.9 Å². The summed E-state index contributed by atoms with van der Waals surface area (Å²) in [6.07, 6.45) is 1.63. The Balaban J connectivity index is 1.83. The van der Waals surface area contributed by atoms with E-state index in [-0.39, 0.29) is 41.9 Å². The number of hydrogen-bond acceptors (Lipinski definition) is 7. The van der Waals surface area contributed by atoms with E-state index in [2.05, 4.69) is 27.8 Å². The number of amides is 5. The first-order chi connectivity index (χ1) is 21.9. The van der Waals surface area contributed by atoms with Crippen molar-refractivity contribution in [3.8, 4) is 5.75 Å². The highest BCUT2D eigenvalue weighted by Crippen LogP contribution is 2.65. The quantitative estimate of drug-likeness (QED) is 0.136. The SMILES string of the molecule is C=CCNC(=O)C(=O)C(CC)NC(=O)[C@@H]1[C@@H]2[C@H](CN1C(=O)[C@@H](NC(=O)N[C@H](C(=O)c1ccccc1OC)C(C)C)C(C)(C)C)C2(C)C. The summed E-state index contributed by atoms with van der Waals surface area (Å²) in [5, 5.41) is 10.7. The molecular weight excluding hydrogens is 602 g/mol. The van der Waals surface area contributed by atoms with Crippen molar-refractivity contribution in [3.63, 3.8) is 0 Å². The fourth-order valence-electron chi connectivity index (χ4n) is 6.51. The molecule has 1 aliphatic heterocycles. The maximum atomic E-state index is 14.3. The number of benzene rings is 1. The molecule has 5 amide bonds. The zero-order valence-corrected chi connectivity index (χ0v) is 29.1. The van der Waals surface area contributed by atoms with Crippen molar-refractivity contribution >= 4 is 35.3 Å². The lowest BCUT2D eigenvalue weighted by Crippen LogP contribution is -2.62. The van der Waals surface area contributed by atoms with Crippen LogP contribution < -0.4 is 26.0 Å². The van der Waals surface area contributed by atoms with Gasteiger partial charge in [0.2, 0.25) is 17.6 Å². The van der Waals surface area contributed by atoms with Gasteiger partial charge < -0.3 is 30.9 Å². The Kier molecular flexibility index (Phi) is 11.6. The van der Waals surface area contributed by atoms with Crippen molar-refractivity contribution in [1.29, 1.82) is 0 Å². The lowest BCUT2D eigenvalue weighted by molar-refractivity contribution is -0.145. The van der Waals surface area contributed by atoms with E-state index in [1.807, 2.05) is 27.7 Å². The van der Waals surface area contributed by atoms with Crippen LogP contribution in [0, 0.1) is 28.6 Å². The van der Waals surface area contributed by atoms with Crippen LogP contribution in [0.2, 0.25) is 0 Å². The van der Waals surface area contributed by atoms with Crippen molar-refractivity contribution in [2.45, 2.75) is 86.0 Å². The molecule has 0 spiro atoms. The van der Waals surface area contributed by atoms with Gasteiger partial charge in [-0.2, -0.15) is 0 Å². The summed E-state index contributed by atoms with van der Waals surface area (Å²) in [5.41, 5.74) is -0.660. The van der Waals surface area contributed by atoms with Crippen LogP contribution >= 0.6 is 0 Å².